The van der Waals surface area contributed by atoms with Crippen molar-refractivity contribution in [3.63, 3.8) is 0 Å². The van der Waals surface area contributed by atoms with Gasteiger partial charge in [-0.15, -0.1) is 0 Å². The van der Waals surface area contributed by atoms with Crippen molar-refractivity contribution in [1.29, 1.82) is 0 Å². The van der Waals surface area contributed by atoms with Crippen LogP contribution in [0.3, 0.4) is 0 Å². The maximum atomic E-state index is 11.0. The molecule has 1 aliphatic rings. The smallest absolute Gasteiger partial charge is 0.341 e. The molecule has 0 radical (unpaired) electrons. The van der Waals surface area contributed by atoms with Crippen LogP contribution in [0, 0.1) is 6.92 Å². The van der Waals surface area contributed by atoms with E-state index in [0.717, 1.165) is 24.9 Å². The number of benzene rings is 2. The number of nitrogens with one attached hydrogen (secondary N) is 1. The Morgan fingerprint density at radius 1 is 0.818 bits per heavy atom. The molecule has 12 nitrogen and oxygen atoms in total. The number of carboxylic acid groups (broad SMARTS) is 4. The predicted molar refractivity (Wildman–Crippen MR) is 161 cm³/mol. The summed E-state index contributed by atoms with van der Waals surface area (Å²) in [4.78, 5) is 44.1. The third kappa shape index (κ3) is 11.6. The van der Waals surface area contributed by atoms with Crippen molar-refractivity contribution in [3.8, 4) is 5.75 Å². The monoisotopic (exact) mass is 616 g/mol. The maximum Gasteiger partial charge on any atom is 0.341 e. The van der Waals surface area contributed by atoms with Crippen LogP contribution in [0.2, 0.25) is 0 Å². The molecule has 242 valence electrons. The van der Waals surface area contributed by atoms with E-state index in [1.54, 1.807) is 0 Å². The second-order valence-corrected chi connectivity index (χ2v) is 12.6. The normalized spacial score (nSPS) is 16.0. The van der Waals surface area contributed by atoms with Gasteiger partial charge < -0.3 is 35.6 Å². The lowest BCUT2D eigenvalue weighted by molar-refractivity contribution is -0.170. The lowest BCUT2D eigenvalue weighted by Crippen LogP contribution is -2.62. The van der Waals surface area contributed by atoms with E-state index in [4.69, 9.17) is 30.3 Å². The molecule has 6 N–H and O–H groups in total. The number of aliphatic hydroxyl groups is 1. The van der Waals surface area contributed by atoms with Gasteiger partial charge in [0.05, 0.1) is 12.8 Å². The van der Waals surface area contributed by atoms with Crippen LogP contribution in [0.15, 0.2) is 48.5 Å². The molecule has 1 aliphatic heterocycles. The third-order valence-electron chi connectivity index (χ3n) is 7.30. The minimum Gasteiger partial charge on any atom is -0.482 e. The topological polar surface area (TPSA) is 194 Å². The zero-order valence-electron chi connectivity index (χ0n) is 25.9. The van der Waals surface area contributed by atoms with Crippen LogP contribution >= 0.6 is 0 Å². The van der Waals surface area contributed by atoms with E-state index in [9.17, 15) is 19.2 Å². The summed E-state index contributed by atoms with van der Waals surface area (Å²) in [6.45, 7) is 12.5. The van der Waals surface area contributed by atoms with E-state index in [1.807, 2.05) is 24.3 Å². The molecule has 0 atom stereocenters. The van der Waals surface area contributed by atoms with Crippen molar-refractivity contribution in [2.75, 3.05) is 6.61 Å². The summed E-state index contributed by atoms with van der Waals surface area (Å²) < 4.78 is 5.60. The first-order valence-corrected chi connectivity index (χ1v) is 14.2. The second kappa shape index (κ2) is 15.1. The minimum atomic E-state index is -2.74. The molecule has 0 spiro atoms. The summed E-state index contributed by atoms with van der Waals surface area (Å²) >= 11 is 0. The molecule has 2 aromatic carbocycles. The molecule has 2 aromatic rings. The average molecular weight is 617 g/mol. The second-order valence-electron chi connectivity index (χ2n) is 12.6. The molecular formula is C32H44N2O10. The summed E-state index contributed by atoms with van der Waals surface area (Å²) in [7, 11) is 0. The number of piperidine rings is 1. The third-order valence-corrected chi connectivity index (χ3v) is 7.30. The van der Waals surface area contributed by atoms with Crippen LogP contribution in [0.5, 0.6) is 5.75 Å². The fourth-order valence-corrected chi connectivity index (χ4v) is 5.69. The van der Waals surface area contributed by atoms with E-state index < -0.39 is 42.3 Å². The van der Waals surface area contributed by atoms with Crippen LogP contribution in [0.25, 0.3) is 0 Å². The Morgan fingerprint density at radius 3 is 1.77 bits per heavy atom. The summed E-state index contributed by atoms with van der Waals surface area (Å²) in [5, 5.41) is 46.6. The van der Waals surface area contributed by atoms with E-state index in [-0.39, 0.29) is 17.7 Å². The summed E-state index contributed by atoms with van der Waals surface area (Å²) in [5.74, 6) is -5.34. The van der Waals surface area contributed by atoms with E-state index in [0.29, 0.717) is 18.3 Å². The Balaban J connectivity index is 0.000000439. The van der Waals surface area contributed by atoms with Gasteiger partial charge in [-0.25, -0.2) is 9.59 Å². The van der Waals surface area contributed by atoms with Crippen molar-refractivity contribution >= 4 is 23.9 Å². The number of para-hydroxylation sites is 1. The number of carboxylic acids is 4. The number of aryl methyl sites for hydroxylation is 1. The highest BCUT2D eigenvalue weighted by Crippen LogP contribution is 2.34. The van der Waals surface area contributed by atoms with Gasteiger partial charge >= 0.3 is 23.9 Å². The Kier molecular flexibility index (Phi) is 12.4. The summed E-state index contributed by atoms with van der Waals surface area (Å²) in [6, 6.07) is 16.7. The van der Waals surface area contributed by atoms with Gasteiger partial charge in [-0.3, -0.25) is 14.5 Å². The number of ether oxygens (including phenoxy) is 1. The Labute approximate surface area is 257 Å². The first-order chi connectivity index (χ1) is 20.3. The molecule has 0 aliphatic carbocycles. The van der Waals surface area contributed by atoms with Crippen LogP contribution in [0.4, 0.5) is 0 Å². The minimum absolute atomic E-state index is 0.0374. The highest BCUT2D eigenvalue weighted by Gasteiger charge is 2.41. The zero-order chi connectivity index (χ0) is 33.3. The quantitative estimate of drug-likeness (QED) is 0.192. The van der Waals surface area contributed by atoms with Crippen LogP contribution < -0.4 is 10.1 Å². The summed E-state index contributed by atoms with van der Waals surface area (Å²) in [5.41, 5.74) is 0.964. The number of hydrogen-bond donors (Lipinski definition) is 6. The van der Waals surface area contributed by atoms with Crippen molar-refractivity contribution < 1.29 is 49.4 Å². The number of rotatable bonds is 13. The van der Waals surface area contributed by atoms with E-state index in [1.165, 1.54) is 11.1 Å². The van der Waals surface area contributed by atoms with Crippen molar-refractivity contribution in [3.05, 3.63) is 65.2 Å². The van der Waals surface area contributed by atoms with Crippen molar-refractivity contribution in [1.82, 2.24) is 10.2 Å². The average Bonchev–Trinajstić information content (AvgIpc) is 2.86. The SMILES string of the molecule is Cc1ccccc1CN(Cc1ccccc1OCC(=O)O)C1CC(C)(C)NC(C)(C)C1.O=C(O)CC(O)(CC(=O)O)C(=O)O. The molecule has 1 fully saturated rings. The van der Waals surface area contributed by atoms with Gasteiger partial charge in [0.1, 0.15) is 5.75 Å². The molecule has 0 aromatic heterocycles. The Morgan fingerprint density at radius 2 is 1.30 bits per heavy atom. The number of aliphatic carboxylic acids is 4. The molecule has 0 saturated carbocycles. The molecule has 1 heterocycles. The van der Waals surface area contributed by atoms with Crippen molar-refractivity contribution in [2.24, 2.45) is 0 Å². The number of carbonyl (C=O) groups is 4. The molecule has 0 unspecified atom stereocenters. The highest BCUT2D eigenvalue weighted by molar-refractivity contribution is 5.88. The zero-order valence-corrected chi connectivity index (χ0v) is 25.9. The molecule has 1 saturated heterocycles. The lowest BCUT2D eigenvalue weighted by atomic mass is 9.78. The summed E-state index contributed by atoms with van der Waals surface area (Å²) in [6.07, 6.45) is -0.204. The first-order valence-electron chi connectivity index (χ1n) is 14.2. The van der Waals surface area contributed by atoms with Crippen LogP contribution in [0.1, 0.15) is 70.1 Å². The molecule has 12 heteroatoms. The van der Waals surface area contributed by atoms with Gasteiger partial charge in [0.25, 0.3) is 0 Å². The van der Waals surface area contributed by atoms with E-state index in [2.05, 4.69) is 69.1 Å². The molecule has 3 rings (SSSR count). The predicted octanol–water partition coefficient (Wildman–Crippen LogP) is 3.52. The molecular weight excluding hydrogens is 572 g/mol. The van der Waals surface area contributed by atoms with E-state index >= 15 is 0 Å². The van der Waals surface area contributed by atoms with Gasteiger partial charge in [0.15, 0.2) is 12.2 Å². The first kappa shape index (κ1) is 36.2. The van der Waals surface area contributed by atoms with Gasteiger partial charge in [-0.2, -0.15) is 0 Å². The highest BCUT2D eigenvalue weighted by atomic mass is 16.5. The Hall–Kier alpha value is -4.00. The Bertz CT molecular complexity index is 1290. The largest absolute Gasteiger partial charge is 0.482 e. The molecule has 0 amide bonds. The maximum absolute atomic E-state index is 11.0. The fourth-order valence-electron chi connectivity index (χ4n) is 5.69. The van der Waals surface area contributed by atoms with Gasteiger partial charge in [-0.1, -0.05) is 42.5 Å². The van der Waals surface area contributed by atoms with Gasteiger partial charge in [-0.05, 0) is 64.7 Å². The molecule has 44 heavy (non-hydrogen) atoms. The molecule has 0 bridgehead atoms. The van der Waals surface area contributed by atoms with Crippen molar-refractivity contribution in [2.45, 2.75) is 96.1 Å². The van der Waals surface area contributed by atoms with Crippen LogP contribution in [-0.2, 0) is 32.3 Å². The standard InChI is InChI=1S/C26H36N2O3.C6H8O7/c1-19-10-6-7-11-20(19)16-28(22-14-25(2,3)27-26(4,5)15-22)17-21-12-8-9-13-23(21)31-18-24(29)30;7-3(8)1-6(13,5(11)12)2-4(9)10/h6-13,22,27H,14-18H2,1-5H3,(H,29,30);13H,1-2H2,(H,7,8)(H,9,10)(H,11,12). The van der Waals surface area contributed by atoms with Crippen LogP contribution in [-0.4, -0.2) is 83.6 Å². The lowest BCUT2D eigenvalue weighted by Gasteiger charge is -2.50. The van der Waals surface area contributed by atoms with Gasteiger partial charge in [0, 0.05) is 35.8 Å². The fraction of sp³-hybridized carbons (Fsp3) is 0.500. The van der Waals surface area contributed by atoms with Gasteiger partial charge in [0.2, 0.25) is 0 Å². The number of hydrogen-bond acceptors (Lipinski definition) is 8. The number of nitrogens with zero attached hydrogens (tertiary/aromatic N) is 1.